The fourth-order valence-electron chi connectivity index (χ4n) is 5.11. The van der Waals surface area contributed by atoms with Crippen molar-refractivity contribution in [3.63, 3.8) is 0 Å². The Morgan fingerprint density at radius 2 is 1.78 bits per heavy atom. The second-order valence-corrected chi connectivity index (χ2v) is 9.95. The predicted octanol–water partition coefficient (Wildman–Crippen LogP) is 2.51. The van der Waals surface area contributed by atoms with Crippen LogP contribution in [0.15, 0.2) is 30.5 Å². The van der Waals surface area contributed by atoms with Crippen molar-refractivity contribution in [3.8, 4) is 0 Å². The molecule has 1 aliphatic heterocycles. The summed E-state index contributed by atoms with van der Waals surface area (Å²) < 4.78 is 1.89. The molecule has 1 saturated carbocycles. The summed E-state index contributed by atoms with van der Waals surface area (Å²) in [4.78, 5) is 9.52. The van der Waals surface area contributed by atoms with Crippen LogP contribution in [-0.2, 0) is 13.1 Å². The van der Waals surface area contributed by atoms with Crippen molar-refractivity contribution >= 4 is 22.7 Å². The first kappa shape index (κ1) is 24.9. The molecule has 36 heavy (non-hydrogen) atoms. The molecule has 2 aliphatic rings. The third kappa shape index (κ3) is 7.11. The van der Waals surface area contributed by atoms with Crippen LogP contribution in [0.5, 0.6) is 0 Å². The zero-order valence-electron chi connectivity index (χ0n) is 21.2. The van der Waals surface area contributed by atoms with Gasteiger partial charge in [-0.25, -0.2) is 4.98 Å². The fourth-order valence-corrected chi connectivity index (χ4v) is 5.11. The van der Waals surface area contributed by atoms with E-state index in [1.54, 1.807) is 0 Å². The summed E-state index contributed by atoms with van der Waals surface area (Å²) in [6.07, 6.45) is 11.0. The molecule has 0 atom stereocenters. The van der Waals surface area contributed by atoms with Gasteiger partial charge in [0.15, 0.2) is 0 Å². The molecule has 3 aromatic rings. The van der Waals surface area contributed by atoms with E-state index in [0.717, 1.165) is 74.5 Å². The van der Waals surface area contributed by atoms with E-state index in [-0.39, 0.29) is 0 Å². The highest BCUT2D eigenvalue weighted by Crippen LogP contribution is 2.24. The molecule has 0 amide bonds. The Morgan fingerprint density at radius 3 is 2.67 bits per heavy atom. The van der Waals surface area contributed by atoms with Gasteiger partial charge in [0.1, 0.15) is 11.5 Å². The van der Waals surface area contributed by atoms with Crippen LogP contribution in [0.25, 0.3) is 10.9 Å². The van der Waals surface area contributed by atoms with Crippen LogP contribution in [0.4, 0.5) is 11.8 Å². The average molecular weight is 493 g/mol. The van der Waals surface area contributed by atoms with E-state index in [1.807, 2.05) is 29.1 Å². The van der Waals surface area contributed by atoms with E-state index in [1.165, 1.54) is 32.1 Å². The second kappa shape index (κ2) is 12.9. The van der Waals surface area contributed by atoms with E-state index >= 15 is 0 Å². The quantitative estimate of drug-likeness (QED) is 0.243. The molecule has 194 valence electrons. The molecule has 0 unspecified atom stereocenters. The second-order valence-electron chi connectivity index (χ2n) is 9.95. The number of hydrogen-bond acceptors (Lipinski definition) is 9. The molecule has 10 heteroatoms. The van der Waals surface area contributed by atoms with Gasteiger partial charge in [0.05, 0.1) is 24.8 Å². The van der Waals surface area contributed by atoms with Crippen molar-refractivity contribution in [2.45, 2.75) is 70.1 Å². The molecule has 1 saturated heterocycles. The lowest BCUT2D eigenvalue weighted by atomic mass is 9.95. The third-order valence-corrected chi connectivity index (χ3v) is 7.15. The van der Waals surface area contributed by atoms with E-state index < -0.39 is 0 Å². The predicted molar refractivity (Wildman–Crippen MR) is 144 cm³/mol. The van der Waals surface area contributed by atoms with Crippen molar-refractivity contribution < 1.29 is 0 Å². The molecule has 1 aliphatic carbocycles. The summed E-state index contributed by atoms with van der Waals surface area (Å²) in [5.74, 6) is 1.49. The first-order valence-electron chi connectivity index (χ1n) is 13.6. The molecular weight excluding hydrogens is 452 g/mol. The Morgan fingerprint density at radius 1 is 0.917 bits per heavy atom. The van der Waals surface area contributed by atoms with Gasteiger partial charge in [-0.05, 0) is 50.9 Å². The summed E-state index contributed by atoms with van der Waals surface area (Å²) >= 11 is 0. The minimum Gasteiger partial charge on any atom is -0.367 e. The van der Waals surface area contributed by atoms with Crippen molar-refractivity contribution in [1.82, 2.24) is 40.9 Å². The van der Waals surface area contributed by atoms with Gasteiger partial charge < -0.3 is 26.6 Å². The number of aromatic nitrogens is 5. The molecular formula is C26H40N10. The Balaban J connectivity index is 1.08. The van der Waals surface area contributed by atoms with Crippen LogP contribution < -0.4 is 26.6 Å². The number of piperidine rings is 1. The molecule has 2 aromatic heterocycles. The first-order valence-corrected chi connectivity index (χ1v) is 13.6. The number of anilines is 2. The summed E-state index contributed by atoms with van der Waals surface area (Å²) in [5, 5.41) is 27.2. The minimum absolute atomic E-state index is 0.425. The lowest BCUT2D eigenvalue weighted by Crippen LogP contribution is -2.37. The van der Waals surface area contributed by atoms with Gasteiger partial charge in [-0.1, -0.05) is 36.6 Å². The summed E-state index contributed by atoms with van der Waals surface area (Å²) in [6.45, 7) is 6.28. The fraction of sp³-hybridized carbons (Fsp3) is 0.615. The highest BCUT2D eigenvalue weighted by molar-refractivity contribution is 5.90. The Hall–Kier alpha value is -2.82. The molecule has 0 spiro atoms. The SMILES string of the molecule is c1ccc2c(NC3CCNCC3)nc(NCc3cn(CCNCCNC4CCCCC4)nn3)nc2c1. The Labute approximate surface area is 213 Å². The first-order chi connectivity index (χ1) is 17.8. The van der Waals surface area contributed by atoms with Gasteiger partial charge in [-0.15, -0.1) is 5.10 Å². The molecule has 3 heterocycles. The number of hydrogen-bond donors (Lipinski definition) is 5. The average Bonchev–Trinajstić information content (AvgIpc) is 3.38. The van der Waals surface area contributed by atoms with Crippen molar-refractivity contribution in [1.29, 1.82) is 0 Å². The standard InChI is InChI=1S/C26H40N10/c1-2-6-20(7-3-1)29-15-14-28-16-17-36-19-22(34-35-36)18-30-26-32-24-9-5-4-8-23(24)25(33-26)31-21-10-12-27-13-11-21/h4-5,8-9,19-21,27-29H,1-3,6-7,10-18H2,(H2,30,31,32,33). The van der Waals surface area contributed by atoms with Gasteiger partial charge in [-0.2, -0.15) is 4.98 Å². The van der Waals surface area contributed by atoms with Crippen molar-refractivity contribution in [3.05, 3.63) is 36.2 Å². The normalized spacial score (nSPS) is 17.4. The smallest absolute Gasteiger partial charge is 0.225 e. The van der Waals surface area contributed by atoms with Gasteiger partial charge >= 0.3 is 0 Å². The van der Waals surface area contributed by atoms with Gasteiger partial charge in [0.25, 0.3) is 0 Å². The summed E-state index contributed by atoms with van der Waals surface area (Å²) in [5.41, 5.74) is 1.80. The van der Waals surface area contributed by atoms with Gasteiger partial charge in [0, 0.05) is 37.1 Å². The zero-order valence-corrected chi connectivity index (χ0v) is 21.2. The van der Waals surface area contributed by atoms with Crippen LogP contribution in [0.1, 0.15) is 50.6 Å². The molecule has 5 rings (SSSR count). The topological polar surface area (TPSA) is 117 Å². The van der Waals surface area contributed by atoms with Crippen LogP contribution in [0.2, 0.25) is 0 Å². The number of rotatable bonds is 12. The maximum atomic E-state index is 4.80. The number of benzene rings is 1. The van der Waals surface area contributed by atoms with Crippen LogP contribution in [-0.4, -0.2) is 69.8 Å². The number of fused-ring (bicyclic) bond motifs is 1. The number of nitrogens with zero attached hydrogens (tertiary/aromatic N) is 5. The van der Waals surface area contributed by atoms with Crippen LogP contribution in [0.3, 0.4) is 0 Å². The van der Waals surface area contributed by atoms with E-state index in [4.69, 9.17) is 9.97 Å². The molecule has 10 nitrogen and oxygen atoms in total. The lowest BCUT2D eigenvalue weighted by molar-refractivity contribution is 0.372. The molecule has 0 radical (unpaired) electrons. The minimum atomic E-state index is 0.425. The Kier molecular flexibility index (Phi) is 8.93. The molecule has 5 N–H and O–H groups in total. The third-order valence-electron chi connectivity index (χ3n) is 7.15. The summed E-state index contributed by atoms with van der Waals surface area (Å²) in [7, 11) is 0. The van der Waals surface area contributed by atoms with Crippen molar-refractivity contribution in [2.24, 2.45) is 0 Å². The van der Waals surface area contributed by atoms with Crippen LogP contribution >= 0.6 is 0 Å². The van der Waals surface area contributed by atoms with E-state index in [2.05, 4.69) is 43.0 Å². The maximum absolute atomic E-state index is 4.80. The van der Waals surface area contributed by atoms with Crippen molar-refractivity contribution in [2.75, 3.05) is 43.4 Å². The number of para-hydroxylation sites is 1. The van der Waals surface area contributed by atoms with E-state index in [9.17, 15) is 0 Å². The largest absolute Gasteiger partial charge is 0.367 e. The maximum Gasteiger partial charge on any atom is 0.225 e. The van der Waals surface area contributed by atoms with Gasteiger partial charge in [0.2, 0.25) is 5.95 Å². The van der Waals surface area contributed by atoms with Gasteiger partial charge in [-0.3, -0.25) is 4.68 Å². The molecule has 1 aromatic carbocycles. The molecule has 2 fully saturated rings. The molecule has 0 bridgehead atoms. The highest BCUT2D eigenvalue weighted by Gasteiger charge is 2.16. The zero-order chi connectivity index (χ0) is 24.4. The van der Waals surface area contributed by atoms with E-state index in [0.29, 0.717) is 24.6 Å². The Bertz CT molecular complexity index is 1070. The number of nitrogens with one attached hydrogen (secondary N) is 5. The highest BCUT2D eigenvalue weighted by atomic mass is 15.4. The van der Waals surface area contributed by atoms with Crippen LogP contribution in [0, 0.1) is 0 Å². The monoisotopic (exact) mass is 492 g/mol. The lowest BCUT2D eigenvalue weighted by Gasteiger charge is -2.25. The summed E-state index contributed by atoms with van der Waals surface area (Å²) in [6, 6.07) is 9.30.